The second-order valence-corrected chi connectivity index (χ2v) is 2.10. The molecule has 0 bridgehead atoms. The van der Waals surface area contributed by atoms with E-state index in [1.807, 2.05) is 0 Å². The van der Waals surface area contributed by atoms with Gasteiger partial charge in [0.1, 0.15) is 0 Å². The normalized spacial score (nSPS) is 24.1. The fourth-order valence-electron chi connectivity index (χ4n) is 0.790. The van der Waals surface area contributed by atoms with Crippen molar-refractivity contribution in [2.24, 2.45) is 0 Å². The van der Waals surface area contributed by atoms with Crippen LogP contribution in [0.25, 0.3) is 0 Å². The summed E-state index contributed by atoms with van der Waals surface area (Å²) in [6, 6.07) is 0. The van der Waals surface area contributed by atoms with Crippen molar-refractivity contribution in [3.63, 3.8) is 0 Å². The maximum Gasteiger partial charge on any atom is 0.383 e. The number of ether oxygens (including phenoxy) is 1. The van der Waals surface area contributed by atoms with Crippen LogP contribution in [-0.2, 0) is 19.1 Å². The molecule has 1 saturated heterocycles. The quantitative estimate of drug-likeness (QED) is 0.388. The van der Waals surface area contributed by atoms with Gasteiger partial charge in [-0.25, -0.2) is 4.79 Å². The van der Waals surface area contributed by atoms with Gasteiger partial charge < -0.3 is 9.84 Å². The molecule has 0 spiro atoms. The molecule has 0 aromatic carbocycles. The highest BCUT2D eigenvalue weighted by molar-refractivity contribution is 6.65. The average molecular weight is 158 g/mol. The summed E-state index contributed by atoms with van der Waals surface area (Å²) in [6.07, 6.45) is -1.06. The summed E-state index contributed by atoms with van der Waals surface area (Å²) in [5.74, 6) is -3.10. The first kappa shape index (κ1) is 7.87. The van der Waals surface area contributed by atoms with Crippen LogP contribution >= 0.6 is 0 Å². The first-order valence-corrected chi connectivity index (χ1v) is 3.07. The molecule has 0 unspecified atom stereocenters. The number of carbonyl (C=O) groups excluding carboxylic acids is 3. The van der Waals surface area contributed by atoms with E-state index in [0.29, 0.717) is 0 Å². The molecule has 0 amide bonds. The van der Waals surface area contributed by atoms with Crippen molar-refractivity contribution >= 4 is 17.5 Å². The minimum Gasteiger partial charge on any atom is -0.448 e. The lowest BCUT2D eigenvalue weighted by atomic mass is 10.1. The van der Waals surface area contributed by atoms with Gasteiger partial charge in [-0.2, -0.15) is 0 Å². The standard InChI is InChI=1S/C6H6O5/c7-2-1-3-4(8)5(9)6(10)11-3/h3,7H,1-2H2/t3-/m1/s1. The predicted molar refractivity (Wildman–Crippen MR) is 31.6 cm³/mol. The zero-order valence-corrected chi connectivity index (χ0v) is 5.57. The summed E-state index contributed by atoms with van der Waals surface area (Å²) < 4.78 is 4.33. The van der Waals surface area contributed by atoms with Crippen molar-refractivity contribution in [2.45, 2.75) is 12.5 Å². The fourth-order valence-corrected chi connectivity index (χ4v) is 0.790. The lowest BCUT2D eigenvalue weighted by molar-refractivity contribution is -0.149. The number of Topliss-reactive ketones (excluding diaryl/α,β-unsaturated/α-hetero) is 2. The van der Waals surface area contributed by atoms with Gasteiger partial charge in [0.25, 0.3) is 5.78 Å². The fraction of sp³-hybridized carbons (Fsp3) is 0.500. The maximum atomic E-state index is 10.7. The molecular formula is C6H6O5. The monoisotopic (exact) mass is 158 g/mol. The first-order chi connectivity index (χ1) is 5.16. The van der Waals surface area contributed by atoms with Crippen molar-refractivity contribution in [3.05, 3.63) is 0 Å². The van der Waals surface area contributed by atoms with Gasteiger partial charge in [0.05, 0.1) is 0 Å². The predicted octanol–water partition coefficient (Wildman–Crippen LogP) is -1.57. The van der Waals surface area contributed by atoms with Crippen LogP contribution in [0.15, 0.2) is 0 Å². The van der Waals surface area contributed by atoms with Gasteiger partial charge in [-0.05, 0) is 0 Å². The molecule has 0 radical (unpaired) electrons. The van der Waals surface area contributed by atoms with E-state index < -0.39 is 23.6 Å². The second-order valence-electron chi connectivity index (χ2n) is 2.10. The molecule has 0 aromatic heterocycles. The maximum absolute atomic E-state index is 10.7. The van der Waals surface area contributed by atoms with Crippen molar-refractivity contribution < 1.29 is 24.2 Å². The third kappa shape index (κ3) is 1.27. The Bertz CT molecular complexity index is 219. The molecule has 5 nitrogen and oxygen atoms in total. The zero-order valence-electron chi connectivity index (χ0n) is 5.57. The van der Waals surface area contributed by atoms with E-state index in [1.165, 1.54) is 0 Å². The van der Waals surface area contributed by atoms with E-state index in [0.717, 1.165) is 0 Å². The molecular weight excluding hydrogens is 152 g/mol. The third-order valence-corrected chi connectivity index (χ3v) is 1.34. The van der Waals surface area contributed by atoms with Crippen LogP contribution < -0.4 is 0 Å². The smallest absolute Gasteiger partial charge is 0.383 e. The highest BCUT2D eigenvalue weighted by Crippen LogP contribution is 2.09. The molecule has 1 fully saturated rings. The highest BCUT2D eigenvalue weighted by atomic mass is 16.6. The number of hydrogen-bond donors (Lipinski definition) is 1. The Hall–Kier alpha value is -1.23. The SMILES string of the molecule is O=C1O[C@H](CCO)C(=O)C1=O. The number of cyclic esters (lactones) is 1. The van der Waals surface area contributed by atoms with Crippen LogP contribution in [0, 0.1) is 0 Å². The number of ketones is 2. The number of esters is 1. The lowest BCUT2D eigenvalue weighted by Gasteiger charge is -2.01. The number of carbonyl (C=O) groups is 3. The molecule has 0 saturated carbocycles. The number of rotatable bonds is 2. The van der Waals surface area contributed by atoms with Gasteiger partial charge in [0, 0.05) is 13.0 Å². The van der Waals surface area contributed by atoms with Gasteiger partial charge >= 0.3 is 11.8 Å². The molecule has 5 heteroatoms. The van der Waals surface area contributed by atoms with Crippen molar-refractivity contribution in [2.75, 3.05) is 6.61 Å². The van der Waals surface area contributed by atoms with E-state index in [-0.39, 0.29) is 13.0 Å². The average Bonchev–Trinajstić information content (AvgIpc) is 2.19. The topological polar surface area (TPSA) is 80.7 Å². The van der Waals surface area contributed by atoms with E-state index >= 15 is 0 Å². The largest absolute Gasteiger partial charge is 0.448 e. The molecule has 1 aliphatic heterocycles. The zero-order chi connectivity index (χ0) is 8.43. The third-order valence-electron chi connectivity index (χ3n) is 1.34. The lowest BCUT2D eigenvalue weighted by Crippen LogP contribution is -2.21. The Balaban J connectivity index is 2.67. The number of aliphatic hydroxyl groups excluding tert-OH is 1. The Morgan fingerprint density at radius 1 is 1.36 bits per heavy atom. The van der Waals surface area contributed by atoms with Crippen LogP contribution in [-0.4, -0.2) is 35.4 Å². The van der Waals surface area contributed by atoms with Crippen LogP contribution in [0.1, 0.15) is 6.42 Å². The van der Waals surface area contributed by atoms with E-state index in [1.54, 1.807) is 0 Å². The minimum atomic E-state index is -1.12. The molecule has 1 N–H and O–H groups in total. The summed E-state index contributed by atoms with van der Waals surface area (Å²) in [5, 5.41) is 8.36. The Kier molecular flexibility index (Phi) is 2.00. The molecule has 1 aliphatic rings. The Labute approximate surface area is 62.0 Å². The van der Waals surface area contributed by atoms with Crippen molar-refractivity contribution in [3.8, 4) is 0 Å². The number of aliphatic hydroxyl groups is 1. The molecule has 11 heavy (non-hydrogen) atoms. The summed E-state index contributed by atoms with van der Waals surface area (Å²) in [7, 11) is 0. The molecule has 0 aromatic rings. The van der Waals surface area contributed by atoms with Gasteiger partial charge in [-0.3, -0.25) is 9.59 Å². The summed E-state index contributed by atoms with van der Waals surface area (Å²) >= 11 is 0. The highest BCUT2D eigenvalue weighted by Gasteiger charge is 2.41. The molecule has 60 valence electrons. The Morgan fingerprint density at radius 2 is 2.00 bits per heavy atom. The van der Waals surface area contributed by atoms with Crippen LogP contribution in [0.2, 0.25) is 0 Å². The Morgan fingerprint density at radius 3 is 2.36 bits per heavy atom. The minimum absolute atomic E-state index is 0.00366. The summed E-state index contributed by atoms with van der Waals surface area (Å²) in [5.41, 5.74) is 0. The van der Waals surface area contributed by atoms with Gasteiger partial charge in [0.15, 0.2) is 6.10 Å². The van der Waals surface area contributed by atoms with Gasteiger partial charge in [0.2, 0.25) is 0 Å². The molecule has 1 heterocycles. The number of hydrogen-bond acceptors (Lipinski definition) is 5. The van der Waals surface area contributed by atoms with Crippen LogP contribution in [0.3, 0.4) is 0 Å². The summed E-state index contributed by atoms with van der Waals surface area (Å²) in [6.45, 7) is -0.281. The van der Waals surface area contributed by atoms with Gasteiger partial charge in [-0.1, -0.05) is 0 Å². The van der Waals surface area contributed by atoms with Crippen molar-refractivity contribution in [1.82, 2.24) is 0 Å². The molecule has 1 rings (SSSR count). The van der Waals surface area contributed by atoms with Crippen LogP contribution in [0.4, 0.5) is 0 Å². The second kappa shape index (κ2) is 2.79. The first-order valence-electron chi connectivity index (χ1n) is 3.07. The van der Waals surface area contributed by atoms with Crippen molar-refractivity contribution in [1.29, 1.82) is 0 Å². The van der Waals surface area contributed by atoms with E-state index in [2.05, 4.69) is 4.74 Å². The molecule has 0 aliphatic carbocycles. The van der Waals surface area contributed by atoms with Crippen LogP contribution in [0.5, 0.6) is 0 Å². The molecule has 1 atom stereocenters. The summed E-state index contributed by atoms with van der Waals surface area (Å²) in [4.78, 5) is 31.6. The van der Waals surface area contributed by atoms with Gasteiger partial charge in [-0.15, -0.1) is 0 Å². The van der Waals surface area contributed by atoms with E-state index in [9.17, 15) is 14.4 Å². The van der Waals surface area contributed by atoms with E-state index in [4.69, 9.17) is 5.11 Å².